The predicted molar refractivity (Wildman–Crippen MR) is 177 cm³/mol. The second kappa shape index (κ2) is 16.2. The number of amides is 3. The number of unbranched alkanes of at least 4 members (excludes halogenated alkanes) is 2. The molecule has 0 aliphatic carbocycles. The Bertz CT molecular complexity index is 1400. The molecule has 4 rings (SSSR count). The van der Waals surface area contributed by atoms with E-state index in [-0.39, 0.29) is 48.1 Å². The number of hydrogen-bond donors (Lipinski definition) is 2. The number of aromatic nitrogens is 1. The average molecular weight is 637 g/mol. The van der Waals surface area contributed by atoms with Crippen LogP contribution in [-0.2, 0) is 30.4 Å². The molecule has 2 aliphatic rings. The van der Waals surface area contributed by atoms with Gasteiger partial charge in [0.05, 0.1) is 11.6 Å². The van der Waals surface area contributed by atoms with Crippen LogP contribution in [0.15, 0.2) is 30.5 Å². The lowest BCUT2D eigenvalue weighted by molar-refractivity contribution is -0.147. The Morgan fingerprint density at radius 2 is 1.76 bits per heavy atom. The standard InChI is InChI=1S/C36H52N4O6/c1-6-24(4)33-36(45)39-19-13-12-17-30(39)32(42)21-25(14-8-7-9-18-31(41)23(2)3)34(43)37-28(35(44)38-33)20-26-22-40(46-5)29-16-11-10-15-27(26)29/h10-11,15-16,22-25,28,30,33H,6-9,12-14,17-21H2,1-5H3,(H,37,43)(H,38,44)/t24?,25-,28+,30-,33+/m1/s1. The number of para-hydroxylation sites is 1. The molecule has 252 valence electrons. The van der Waals surface area contributed by atoms with Crippen molar-refractivity contribution in [3.05, 3.63) is 36.0 Å². The molecule has 2 fully saturated rings. The molecule has 2 N–H and O–H groups in total. The molecule has 2 aromatic rings. The minimum atomic E-state index is -0.971. The molecule has 46 heavy (non-hydrogen) atoms. The fraction of sp³-hybridized carbons (Fsp3) is 0.639. The fourth-order valence-electron chi connectivity index (χ4n) is 6.76. The number of rotatable bonds is 12. The number of nitrogens with zero attached hydrogens (tertiary/aromatic N) is 2. The quantitative estimate of drug-likeness (QED) is 0.333. The van der Waals surface area contributed by atoms with Crippen LogP contribution in [0.3, 0.4) is 0 Å². The van der Waals surface area contributed by atoms with Crippen molar-refractivity contribution in [1.82, 2.24) is 20.3 Å². The summed E-state index contributed by atoms with van der Waals surface area (Å²) in [6.45, 7) is 8.15. The highest BCUT2D eigenvalue weighted by Crippen LogP contribution is 2.27. The number of ketones is 2. The van der Waals surface area contributed by atoms with Gasteiger partial charge in [-0.15, -0.1) is 0 Å². The minimum Gasteiger partial charge on any atom is -0.417 e. The summed E-state index contributed by atoms with van der Waals surface area (Å²) in [6.07, 6.45) is 7.99. The number of Topliss-reactive ketones (excluding diaryl/α,β-unsaturated/α-hetero) is 2. The van der Waals surface area contributed by atoms with Crippen LogP contribution in [0.2, 0.25) is 0 Å². The third-order valence-corrected chi connectivity index (χ3v) is 9.89. The lowest BCUT2D eigenvalue weighted by atomic mass is 9.87. The van der Waals surface area contributed by atoms with Crippen molar-refractivity contribution in [2.75, 3.05) is 13.7 Å². The number of carbonyl (C=O) groups excluding carboxylic acids is 5. The highest BCUT2D eigenvalue weighted by Gasteiger charge is 2.41. The molecule has 0 bridgehead atoms. The zero-order valence-electron chi connectivity index (χ0n) is 28.2. The second-order valence-corrected chi connectivity index (χ2v) is 13.4. The Hall–Kier alpha value is -3.69. The Morgan fingerprint density at radius 1 is 1.00 bits per heavy atom. The van der Waals surface area contributed by atoms with Gasteiger partial charge in [-0.3, -0.25) is 24.0 Å². The van der Waals surface area contributed by atoms with Gasteiger partial charge in [-0.1, -0.05) is 65.2 Å². The molecule has 1 aromatic carbocycles. The van der Waals surface area contributed by atoms with E-state index in [1.54, 1.807) is 16.7 Å². The maximum atomic E-state index is 14.1. The van der Waals surface area contributed by atoms with E-state index >= 15 is 0 Å². The van der Waals surface area contributed by atoms with Crippen molar-refractivity contribution >= 4 is 40.2 Å². The zero-order valence-corrected chi connectivity index (χ0v) is 28.2. The number of benzene rings is 1. The van der Waals surface area contributed by atoms with Gasteiger partial charge < -0.3 is 20.4 Å². The van der Waals surface area contributed by atoms with Crippen molar-refractivity contribution < 1.29 is 28.8 Å². The first kappa shape index (κ1) is 35.2. The summed E-state index contributed by atoms with van der Waals surface area (Å²) < 4.78 is 1.63. The summed E-state index contributed by atoms with van der Waals surface area (Å²) in [7, 11) is 1.57. The molecule has 5 atom stereocenters. The molecule has 3 amide bonds. The van der Waals surface area contributed by atoms with Crippen LogP contribution in [0.4, 0.5) is 0 Å². The zero-order chi connectivity index (χ0) is 33.4. The van der Waals surface area contributed by atoms with E-state index in [4.69, 9.17) is 4.84 Å². The van der Waals surface area contributed by atoms with Gasteiger partial charge in [-0.2, -0.15) is 4.73 Å². The van der Waals surface area contributed by atoms with Crippen LogP contribution in [-0.4, -0.2) is 70.7 Å². The topological polar surface area (TPSA) is 127 Å². The smallest absolute Gasteiger partial charge is 0.246 e. The number of carbonyl (C=O) groups is 5. The molecule has 1 aromatic heterocycles. The third kappa shape index (κ3) is 8.36. The molecule has 0 radical (unpaired) electrons. The number of fused-ring (bicyclic) bond motifs is 2. The van der Waals surface area contributed by atoms with Crippen LogP contribution in [0.5, 0.6) is 0 Å². The SMILES string of the molecule is CCC(C)[C@@H]1NC(=O)[C@H](Cc2cn(OC)c3ccccc23)NC(=O)[C@H](CCCCCC(=O)C(C)C)CC(=O)[C@H]2CCCCN2C1=O. The monoisotopic (exact) mass is 636 g/mol. The van der Waals surface area contributed by atoms with Gasteiger partial charge >= 0.3 is 0 Å². The fourth-order valence-corrected chi connectivity index (χ4v) is 6.76. The van der Waals surface area contributed by atoms with Crippen LogP contribution < -0.4 is 15.5 Å². The van der Waals surface area contributed by atoms with Crippen molar-refractivity contribution in [2.45, 2.75) is 116 Å². The normalized spacial score (nSPS) is 23.7. The third-order valence-electron chi connectivity index (χ3n) is 9.89. The van der Waals surface area contributed by atoms with Crippen molar-refractivity contribution in [2.24, 2.45) is 17.8 Å². The summed E-state index contributed by atoms with van der Waals surface area (Å²) in [5.41, 5.74) is 1.65. The maximum absolute atomic E-state index is 14.1. The predicted octanol–water partition coefficient (Wildman–Crippen LogP) is 4.40. The Morgan fingerprint density at radius 3 is 2.48 bits per heavy atom. The van der Waals surface area contributed by atoms with E-state index in [1.807, 2.05) is 58.2 Å². The first-order chi connectivity index (χ1) is 22.0. The molecule has 10 nitrogen and oxygen atoms in total. The van der Waals surface area contributed by atoms with Gasteiger partial charge in [0.1, 0.15) is 25.0 Å². The van der Waals surface area contributed by atoms with Gasteiger partial charge in [-0.25, -0.2) is 0 Å². The van der Waals surface area contributed by atoms with Gasteiger partial charge in [-0.05, 0) is 49.7 Å². The van der Waals surface area contributed by atoms with Crippen molar-refractivity contribution in [3.63, 3.8) is 0 Å². The molecule has 10 heteroatoms. The molecule has 2 aliphatic heterocycles. The van der Waals surface area contributed by atoms with Crippen LogP contribution in [0.25, 0.3) is 10.9 Å². The van der Waals surface area contributed by atoms with Gasteiger partial charge in [0.2, 0.25) is 17.7 Å². The van der Waals surface area contributed by atoms with Crippen LogP contribution >= 0.6 is 0 Å². The van der Waals surface area contributed by atoms with Gasteiger partial charge in [0, 0.05) is 49.2 Å². The summed E-state index contributed by atoms with van der Waals surface area (Å²) in [6, 6.07) is 5.31. The van der Waals surface area contributed by atoms with Crippen molar-refractivity contribution in [3.8, 4) is 0 Å². The molecule has 2 saturated heterocycles. The highest BCUT2D eigenvalue weighted by atomic mass is 16.6. The molecule has 0 saturated carbocycles. The summed E-state index contributed by atoms with van der Waals surface area (Å²) >= 11 is 0. The highest BCUT2D eigenvalue weighted by molar-refractivity contribution is 5.98. The first-order valence-corrected chi connectivity index (χ1v) is 17.2. The maximum Gasteiger partial charge on any atom is 0.246 e. The van der Waals surface area contributed by atoms with E-state index in [0.717, 1.165) is 42.1 Å². The molecular formula is C36H52N4O6. The Balaban J connectivity index is 1.65. The summed E-state index contributed by atoms with van der Waals surface area (Å²) in [5, 5.41) is 6.91. The van der Waals surface area contributed by atoms with E-state index < -0.39 is 30.0 Å². The summed E-state index contributed by atoms with van der Waals surface area (Å²) in [5.74, 6) is -1.68. The number of hydrogen-bond acceptors (Lipinski definition) is 6. The lowest BCUT2D eigenvalue weighted by Gasteiger charge is -2.39. The minimum absolute atomic E-state index is 0.00300. The molecular weight excluding hydrogens is 584 g/mol. The number of nitrogens with one attached hydrogen (secondary N) is 2. The first-order valence-electron chi connectivity index (χ1n) is 17.2. The van der Waals surface area contributed by atoms with E-state index in [1.165, 1.54) is 0 Å². The van der Waals surface area contributed by atoms with Crippen LogP contribution in [0, 0.1) is 17.8 Å². The van der Waals surface area contributed by atoms with E-state index in [9.17, 15) is 24.0 Å². The summed E-state index contributed by atoms with van der Waals surface area (Å²) in [4.78, 5) is 75.3. The largest absolute Gasteiger partial charge is 0.417 e. The van der Waals surface area contributed by atoms with E-state index in [0.29, 0.717) is 38.6 Å². The molecule has 0 spiro atoms. The average Bonchev–Trinajstić information content (AvgIpc) is 3.41. The lowest BCUT2D eigenvalue weighted by Crippen LogP contribution is -2.61. The number of piperidine rings is 1. The Labute approximate surface area is 272 Å². The molecule has 1 unspecified atom stereocenters. The Kier molecular flexibility index (Phi) is 12.4. The van der Waals surface area contributed by atoms with Gasteiger partial charge in [0.15, 0.2) is 5.78 Å². The van der Waals surface area contributed by atoms with E-state index in [2.05, 4.69) is 10.6 Å². The van der Waals surface area contributed by atoms with Crippen LogP contribution in [0.1, 0.15) is 97.5 Å². The van der Waals surface area contributed by atoms with Gasteiger partial charge in [0.25, 0.3) is 0 Å². The van der Waals surface area contributed by atoms with Crippen molar-refractivity contribution in [1.29, 1.82) is 0 Å². The second-order valence-electron chi connectivity index (χ2n) is 13.4. The molecule has 3 heterocycles.